The summed E-state index contributed by atoms with van der Waals surface area (Å²) in [4.78, 5) is 120. The molecule has 29 nitrogen and oxygen atoms in total. The van der Waals surface area contributed by atoms with Gasteiger partial charge in [0.2, 0.25) is 11.8 Å². The summed E-state index contributed by atoms with van der Waals surface area (Å²) >= 11 is 0. The van der Waals surface area contributed by atoms with Gasteiger partial charge in [0.05, 0.1) is 56.7 Å². The van der Waals surface area contributed by atoms with Crippen LogP contribution in [0.2, 0.25) is 0 Å². The summed E-state index contributed by atoms with van der Waals surface area (Å²) in [5.74, 6) is 2.59. The minimum Gasteiger partial charge on any atom is -0.462 e. The third-order valence-electron chi connectivity index (χ3n) is 10.1. The van der Waals surface area contributed by atoms with Crippen molar-refractivity contribution in [2.75, 3.05) is 64.3 Å². The molecule has 0 aliphatic carbocycles. The molecule has 1 aliphatic rings. The maximum Gasteiger partial charge on any atom is 0.490 e. The van der Waals surface area contributed by atoms with Crippen molar-refractivity contribution in [3.05, 3.63) is 108 Å². The number of carbonyl (C=O) groups excluding carboxylic acids is 4. The monoisotopic (exact) mass is 1160 g/mol. The van der Waals surface area contributed by atoms with Gasteiger partial charge in [0.1, 0.15) is 30.6 Å². The number of nitrogens with one attached hydrogen (secondary N) is 3. The summed E-state index contributed by atoms with van der Waals surface area (Å²) in [6, 6.07) is 9.92. The Kier molecular flexibility index (Phi) is 25.6. The minimum atomic E-state index is -5.93. The van der Waals surface area contributed by atoms with Crippen LogP contribution in [0.15, 0.2) is 63.4 Å². The highest BCUT2D eigenvalue weighted by Gasteiger charge is 2.45. The number of anilines is 1. The van der Waals surface area contributed by atoms with E-state index in [1.165, 1.54) is 52.8 Å². The van der Waals surface area contributed by atoms with Crippen LogP contribution >= 0.6 is 45.1 Å². The fourth-order valence-corrected chi connectivity index (χ4v) is 11.6. The second kappa shape index (κ2) is 30.7. The second-order valence-electron chi connectivity index (χ2n) is 15.8. The van der Waals surface area contributed by atoms with Crippen molar-refractivity contribution >= 4 is 74.5 Å². The lowest BCUT2D eigenvalue weighted by Crippen LogP contribution is -2.34. The van der Waals surface area contributed by atoms with Gasteiger partial charge >= 0.3 is 41.1 Å². The van der Waals surface area contributed by atoms with Crippen molar-refractivity contribution in [1.82, 2.24) is 14.9 Å². The lowest BCUT2D eigenvalue weighted by molar-refractivity contribution is -0.121. The molecule has 2 heterocycles. The van der Waals surface area contributed by atoms with E-state index in [0.29, 0.717) is 37.2 Å². The fraction of sp³-hybridized carbons (Fsp3) is 0.476. The lowest BCUT2D eigenvalue weighted by Gasteiger charge is -2.21. The first-order chi connectivity index (χ1) is 36.0. The SMILES string of the molecule is CSSC(C)c1ccc(NC(=O)COCCOCCN)cc1C(=O)OCCCCC(=O)NCC#Cc1cn([C@H]2CC(OC(=O)c3ccccc3C(C)N=[N+]=[N-])[C@@H](COP(=O)(O)OP(=O)(O)OP(=O)(O)O)O2)c(=O)[nH]c1=O. The van der Waals surface area contributed by atoms with E-state index in [1.807, 2.05) is 13.2 Å². The van der Waals surface area contributed by atoms with Crippen LogP contribution in [-0.2, 0) is 60.1 Å². The number of azide groups is 1. The lowest BCUT2D eigenvalue weighted by atomic mass is 10.0. The summed E-state index contributed by atoms with van der Waals surface area (Å²) in [6.45, 7) is 2.99. The molecule has 0 bridgehead atoms. The number of ether oxygens (including phenoxy) is 5. The number of phosphoric ester groups is 1. The molecule has 7 atom stereocenters. The zero-order valence-electron chi connectivity index (χ0n) is 40.7. The molecular formula is C42H55N8O21P3S2. The number of rotatable bonds is 30. The Morgan fingerprint density at radius 3 is 2.41 bits per heavy atom. The van der Waals surface area contributed by atoms with Crippen LogP contribution < -0.4 is 27.6 Å². The van der Waals surface area contributed by atoms with E-state index in [-0.39, 0.29) is 66.9 Å². The van der Waals surface area contributed by atoms with Gasteiger partial charge in [0.25, 0.3) is 5.56 Å². The molecule has 2 aromatic carbocycles. The highest BCUT2D eigenvalue weighted by molar-refractivity contribution is 8.76. The molecule has 3 aromatic rings. The zero-order valence-corrected chi connectivity index (χ0v) is 45.1. The van der Waals surface area contributed by atoms with Crippen LogP contribution in [-0.4, -0.2) is 124 Å². The summed E-state index contributed by atoms with van der Waals surface area (Å²) in [6.07, 6.45) is -1.45. The molecule has 0 spiro atoms. The number of carbonyl (C=O) groups is 4. The Hall–Kier alpha value is -5.18. The largest absolute Gasteiger partial charge is 0.490 e. The van der Waals surface area contributed by atoms with Gasteiger partial charge in [0.15, 0.2) is 0 Å². The van der Waals surface area contributed by atoms with Gasteiger partial charge in [0, 0.05) is 41.4 Å². The van der Waals surface area contributed by atoms with E-state index < -0.39 is 96.0 Å². The van der Waals surface area contributed by atoms with E-state index in [0.717, 1.165) is 10.8 Å². The number of esters is 2. The molecule has 1 fully saturated rings. The van der Waals surface area contributed by atoms with Gasteiger partial charge in [-0.25, -0.2) is 28.1 Å². The molecule has 34 heteroatoms. The molecule has 0 radical (unpaired) electrons. The number of aromatic amines is 1. The number of unbranched alkanes of at least 4 members (excludes halogenated alkanes) is 1. The average Bonchev–Trinajstić information content (AvgIpc) is 3.74. The van der Waals surface area contributed by atoms with Crippen LogP contribution in [0.25, 0.3) is 10.4 Å². The van der Waals surface area contributed by atoms with Crippen molar-refractivity contribution < 1.29 is 89.3 Å². The Morgan fingerprint density at radius 1 is 0.961 bits per heavy atom. The van der Waals surface area contributed by atoms with Crippen LogP contribution in [0.3, 0.4) is 0 Å². The molecule has 0 saturated carbocycles. The minimum absolute atomic E-state index is 0.00643. The molecule has 2 amide bonds. The Morgan fingerprint density at radius 2 is 1.70 bits per heavy atom. The Labute approximate surface area is 441 Å². The maximum absolute atomic E-state index is 13.5. The number of nitrogens with zero attached hydrogens (tertiary/aromatic N) is 4. The number of H-pyrrole nitrogens is 1. The first-order valence-corrected chi connectivity index (χ1v) is 29.7. The van der Waals surface area contributed by atoms with Gasteiger partial charge in [-0.2, -0.15) is 8.62 Å². The van der Waals surface area contributed by atoms with Crippen molar-refractivity contribution in [2.45, 2.75) is 69.3 Å². The van der Waals surface area contributed by atoms with Crippen LogP contribution in [0, 0.1) is 11.8 Å². The molecule has 1 saturated heterocycles. The van der Waals surface area contributed by atoms with Crippen molar-refractivity contribution in [1.29, 1.82) is 0 Å². The molecule has 4 rings (SSSR count). The van der Waals surface area contributed by atoms with Gasteiger partial charge in [-0.05, 0) is 60.9 Å². The summed E-state index contributed by atoms with van der Waals surface area (Å²) in [5.41, 5.74) is 13.5. The molecule has 416 valence electrons. The zero-order chi connectivity index (χ0) is 56.1. The summed E-state index contributed by atoms with van der Waals surface area (Å²) in [7, 11) is -14.3. The Bertz CT molecular complexity index is 2910. The summed E-state index contributed by atoms with van der Waals surface area (Å²) < 4.78 is 76.2. The number of aromatic nitrogens is 2. The molecular weight excluding hydrogens is 1110 g/mol. The van der Waals surface area contributed by atoms with Crippen LogP contribution in [0.4, 0.5) is 5.69 Å². The van der Waals surface area contributed by atoms with E-state index >= 15 is 0 Å². The summed E-state index contributed by atoms with van der Waals surface area (Å²) in [5, 5.41) is 8.75. The van der Waals surface area contributed by atoms with E-state index in [1.54, 1.807) is 18.2 Å². The molecule has 76 heavy (non-hydrogen) atoms. The second-order valence-corrected chi connectivity index (χ2v) is 23.0. The first-order valence-electron chi connectivity index (χ1n) is 22.5. The average molecular weight is 1160 g/mol. The smallest absolute Gasteiger partial charge is 0.462 e. The number of hydrogen-bond donors (Lipinski definition) is 8. The number of nitrogens with two attached hydrogens (primary N) is 1. The van der Waals surface area contributed by atoms with Gasteiger partial charge in [-0.15, -0.1) is 0 Å². The Balaban J connectivity index is 1.37. The standard InChI is InChI=1S/C42H55N8O21P3S2/c1-26(48-49-44)30-10-4-5-11-32(30)41(55)69-34-22-38(68-35(34)24-67-73(60,61)71-74(62,63)70-72(57,58)59)50-23-28(39(53)47-42(50)56)9-8-16-45-36(51)12-6-7-17-66-40(54)33-21-29(13-14-31(33)27(2)76-75-3)46-37(52)25-65-20-19-64-18-15-43/h4-5,10-11,13-14,21,23,26-27,34-35,38H,6-7,12,15-20,22,24-25,43H2,1-3H3,(H,45,51)(H,46,52)(H,60,61)(H,62,63)(H,47,53,56)(H2,57,58,59)/t26?,27?,34?,35-,38-/m1/s1. The van der Waals surface area contributed by atoms with Gasteiger partial charge < -0.3 is 59.6 Å². The van der Waals surface area contributed by atoms with Gasteiger partial charge in [-0.1, -0.05) is 69.7 Å². The quantitative estimate of drug-likeness (QED) is 0.00675. The molecule has 1 aromatic heterocycles. The van der Waals surface area contributed by atoms with Gasteiger partial charge in [-0.3, -0.25) is 28.5 Å². The number of benzene rings is 2. The topological polar surface area (TPSA) is 428 Å². The predicted molar refractivity (Wildman–Crippen MR) is 272 cm³/mol. The molecule has 9 N–H and O–H groups in total. The van der Waals surface area contributed by atoms with Crippen LogP contribution in [0.5, 0.6) is 0 Å². The molecule has 5 unspecified atom stereocenters. The highest BCUT2D eigenvalue weighted by Crippen LogP contribution is 2.66. The van der Waals surface area contributed by atoms with E-state index in [2.05, 4.69) is 46.1 Å². The highest BCUT2D eigenvalue weighted by atomic mass is 33.1. The number of amides is 2. The fourth-order valence-electron chi connectivity index (χ4n) is 6.82. The number of hydrogen-bond acceptors (Lipinski definition) is 21. The van der Waals surface area contributed by atoms with E-state index in [4.69, 9.17) is 49.3 Å². The number of phosphoric acid groups is 3. The van der Waals surface area contributed by atoms with Crippen molar-refractivity contribution in [2.24, 2.45) is 10.8 Å². The van der Waals surface area contributed by atoms with Crippen LogP contribution in [0.1, 0.15) is 94.5 Å². The maximum atomic E-state index is 13.5. The van der Waals surface area contributed by atoms with E-state index in [9.17, 15) is 52.2 Å². The van der Waals surface area contributed by atoms with Crippen molar-refractivity contribution in [3.63, 3.8) is 0 Å². The third kappa shape index (κ3) is 21.3. The first kappa shape index (κ1) is 63.4. The third-order valence-corrected chi connectivity index (χ3v) is 16.1. The predicted octanol–water partition coefficient (Wildman–Crippen LogP) is 4.26. The molecule has 1 aliphatic heterocycles. The van der Waals surface area contributed by atoms with Crippen molar-refractivity contribution in [3.8, 4) is 11.8 Å². The normalized spacial score (nSPS) is 17.6.